The summed E-state index contributed by atoms with van der Waals surface area (Å²) < 4.78 is 1.81. The molecule has 5 nitrogen and oxygen atoms in total. The van der Waals surface area contributed by atoms with Gasteiger partial charge in [-0.3, -0.25) is 9.48 Å². The average Bonchev–Trinajstić information content (AvgIpc) is 3.03. The van der Waals surface area contributed by atoms with Crippen LogP contribution in [0.1, 0.15) is 54.5 Å². The molecule has 1 heterocycles. The molecule has 25 heavy (non-hydrogen) atoms. The molecule has 0 fully saturated rings. The number of hydrogen-bond donors (Lipinski definition) is 0. The average molecular weight is 342 g/mol. The van der Waals surface area contributed by atoms with Crippen molar-refractivity contribution in [1.29, 1.82) is 0 Å². The van der Waals surface area contributed by atoms with Crippen LogP contribution >= 0.6 is 0 Å². The topological polar surface area (TPSA) is 41.4 Å². The van der Waals surface area contributed by atoms with Gasteiger partial charge in [-0.2, -0.15) is 5.10 Å². The van der Waals surface area contributed by atoms with Crippen molar-refractivity contribution in [3.63, 3.8) is 0 Å². The summed E-state index contributed by atoms with van der Waals surface area (Å²) in [6.07, 6.45) is 0. The Bertz CT molecular complexity index is 691. The summed E-state index contributed by atoms with van der Waals surface area (Å²) in [4.78, 5) is 17.1. The molecular weight excluding hydrogens is 312 g/mol. The predicted octanol–water partition coefficient (Wildman–Crippen LogP) is 3.40. The van der Waals surface area contributed by atoms with E-state index in [4.69, 9.17) is 0 Å². The van der Waals surface area contributed by atoms with Gasteiger partial charge in [-0.25, -0.2) is 0 Å². The van der Waals surface area contributed by atoms with E-state index in [-0.39, 0.29) is 11.9 Å². The number of rotatable bonds is 7. The van der Waals surface area contributed by atoms with Gasteiger partial charge in [-0.05, 0) is 38.6 Å². The van der Waals surface area contributed by atoms with E-state index >= 15 is 0 Å². The summed E-state index contributed by atoms with van der Waals surface area (Å²) in [6.45, 7) is 7.66. The number of carbonyl (C=O) groups is 1. The molecule has 5 heteroatoms. The molecule has 1 amide bonds. The van der Waals surface area contributed by atoms with E-state index in [0.29, 0.717) is 18.2 Å². The highest BCUT2D eigenvalue weighted by Crippen LogP contribution is 2.23. The number of likely N-dealkylation sites (N-methyl/N-ethyl adjacent to an activating group) is 2. The number of aromatic nitrogens is 2. The van der Waals surface area contributed by atoms with E-state index in [2.05, 4.69) is 36.0 Å². The Morgan fingerprint density at radius 1 is 1.16 bits per heavy atom. The second kappa shape index (κ2) is 8.30. The summed E-state index contributed by atoms with van der Waals surface area (Å²) in [5.41, 5.74) is 2.76. The maximum Gasteiger partial charge on any atom is 0.272 e. The molecule has 1 aromatic carbocycles. The second-order valence-corrected chi connectivity index (χ2v) is 7.03. The maximum atomic E-state index is 13.2. The van der Waals surface area contributed by atoms with E-state index in [1.54, 1.807) is 0 Å². The number of nitrogens with zero attached hydrogens (tertiary/aromatic N) is 4. The Balaban J connectivity index is 2.35. The lowest BCUT2D eigenvalue weighted by Crippen LogP contribution is -2.38. The second-order valence-electron chi connectivity index (χ2n) is 7.03. The van der Waals surface area contributed by atoms with Crippen LogP contribution in [-0.4, -0.2) is 53.2 Å². The lowest BCUT2D eigenvalue weighted by Gasteiger charge is -2.31. The normalized spacial score (nSPS) is 12.6. The van der Waals surface area contributed by atoms with Gasteiger partial charge in [0.2, 0.25) is 0 Å². The first kappa shape index (κ1) is 19.2. The van der Waals surface area contributed by atoms with E-state index in [9.17, 15) is 4.79 Å². The smallest absolute Gasteiger partial charge is 0.272 e. The molecule has 0 bridgehead atoms. The Labute approximate surface area is 151 Å². The molecule has 0 spiro atoms. The van der Waals surface area contributed by atoms with Crippen molar-refractivity contribution < 1.29 is 4.79 Å². The van der Waals surface area contributed by atoms with Crippen molar-refractivity contribution >= 4 is 5.91 Å². The number of hydrogen-bond acceptors (Lipinski definition) is 3. The molecule has 0 aliphatic rings. The first-order chi connectivity index (χ1) is 11.8. The first-order valence-electron chi connectivity index (χ1n) is 8.89. The summed E-state index contributed by atoms with van der Waals surface area (Å²) in [5, 5.41) is 4.58. The first-order valence-corrected chi connectivity index (χ1v) is 8.89. The monoisotopic (exact) mass is 342 g/mol. The number of amides is 1. The van der Waals surface area contributed by atoms with Gasteiger partial charge in [0.1, 0.15) is 5.69 Å². The van der Waals surface area contributed by atoms with Gasteiger partial charge in [-0.1, -0.05) is 44.2 Å². The number of aryl methyl sites for hydroxylation is 1. The van der Waals surface area contributed by atoms with Gasteiger partial charge >= 0.3 is 0 Å². The van der Waals surface area contributed by atoms with Crippen molar-refractivity contribution in [2.45, 2.75) is 39.3 Å². The fourth-order valence-corrected chi connectivity index (χ4v) is 2.93. The minimum atomic E-state index is -0.00796. The van der Waals surface area contributed by atoms with Crippen LogP contribution in [-0.2, 0) is 6.54 Å². The van der Waals surface area contributed by atoms with Crippen LogP contribution in [0.15, 0.2) is 36.4 Å². The molecule has 0 aliphatic carbocycles. The Morgan fingerprint density at radius 3 is 2.32 bits per heavy atom. The van der Waals surface area contributed by atoms with Gasteiger partial charge in [0.05, 0.1) is 11.7 Å². The predicted molar refractivity (Wildman–Crippen MR) is 102 cm³/mol. The molecule has 1 aromatic heterocycles. The molecule has 2 rings (SSSR count). The highest BCUT2D eigenvalue weighted by atomic mass is 16.2. The molecule has 0 N–H and O–H groups in total. The van der Waals surface area contributed by atoms with Crippen molar-refractivity contribution in [2.24, 2.45) is 0 Å². The van der Waals surface area contributed by atoms with Gasteiger partial charge in [0.25, 0.3) is 5.91 Å². The largest absolute Gasteiger partial charge is 0.332 e. The number of carbonyl (C=O) groups excluding carboxylic acids is 1. The summed E-state index contributed by atoms with van der Waals surface area (Å²) in [5.74, 6) is 0.313. The van der Waals surface area contributed by atoms with Crippen LogP contribution in [0.25, 0.3) is 0 Å². The molecule has 2 aromatic rings. The zero-order valence-corrected chi connectivity index (χ0v) is 16.2. The molecule has 0 saturated heterocycles. The van der Waals surface area contributed by atoms with Crippen molar-refractivity contribution in [2.75, 3.05) is 27.7 Å². The maximum absolute atomic E-state index is 13.2. The summed E-state index contributed by atoms with van der Waals surface area (Å²) >= 11 is 0. The van der Waals surface area contributed by atoms with Crippen LogP contribution in [0.2, 0.25) is 0 Å². The third-order valence-electron chi connectivity index (χ3n) is 4.42. The minimum Gasteiger partial charge on any atom is -0.332 e. The van der Waals surface area contributed by atoms with E-state index < -0.39 is 0 Å². The summed E-state index contributed by atoms with van der Waals surface area (Å²) in [7, 11) is 5.94. The molecule has 0 saturated carbocycles. The molecule has 0 unspecified atom stereocenters. The van der Waals surface area contributed by atoms with Crippen molar-refractivity contribution in [3.8, 4) is 0 Å². The summed E-state index contributed by atoms with van der Waals surface area (Å²) in [6, 6.07) is 12.1. The SMILES string of the molecule is CCn1nc(C(C)C)cc1C(=O)N(C)[C@@H](CN(C)C)c1ccccc1. The zero-order valence-electron chi connectivity index (χ0n) is 16.2. The van der Waals surface area contributed by atoms with Crippen LogP contribution in [0.5, 0.6) is 0 Å². The highest BCUT2D eigenvalue weighted by molar-refractivity contribution is 5.93. The lowest BCUT2D eigenvalue weighted by molar-refractivity contribution is 0.0693. The Morgan fingerprint density at radius 2 is 1.80 bits per heavy atom. The third-order valence-corrected chi connectivity index (χ3v) is 4.42. The fourth-order valence-electron chi connectivity index (χ4n) is 2.93. The van der Waals surface area contributed by atoms with Gasteiger partial charge in [-0.15, -0.1) is 0 Å². The Kier molecular flexibility index (Phi) is 6.37. The van der Waals surface area contributed by atoms with E-state index in [1.807, 2.05) is 61.9 Å². The van der Waals surface area contributed by atoms with Crippen LogP contribution in [0, 0.1) is 0 Å². The zero-order chi connectivity index (χ0) is 18.6. The Hall–Kier alpha value is -2.14. The molecule has 1 atom stereocenters. The van der Waals surface area contributed by atoms with Crippen LogP contribution in [0.3, 0.4) is 0 Å². The van der Waals surface area contributed by atoms with E-state index in [1.165, 1.54) is 0 Å². The van der Waals surface area contributed by atoms with Gasteiger partial charge < -0.3 is 9.80 Å². The van der Waals surface area contributed by atoms with Crippen molar-refractivity contribution in [1.82, 2.24) is 19.6 Å². The molecular formula is C20H30N4O. The van der Waals surface area contributed by atoms with E-state index in [0.717, 1.165) is 17.8 Å². The quantitative estimate of drug-likeness (QED) is 0.774. The van der Waals surface area contributed by atoms with Gasteiger partial charge in [0, 0.05) is 20.1 Å². The lowest BCUT2D eigenvalue weighted by atomic mass is 10.0. The highest BCUT2D eigenvalue weighted by Gasteiger charge is 2.26. The van der Waals surface area contributed by atoms with Crippen molar-refractivity contribution in [3.05, 3.63) is 53.3 Å². The molecule has 0 radical (unpaired) electrons. The minimum absolute atomic E-state index is 0.00796. The molecule has 0 aliphatic heterocycles. The molecule has 136 valence electrons. The van der Waals surface area contributed by atoms with Crippen LogP contribution < -0.4 is 0 Å². The van der Waals surface area contributed by atoms with Crippen LogP contribution in [0.4, 0.5) is 0 Å². The third kappa shape index (κ3) is 4.48. The number of benzene rings is 1. The van der Waals surface area contributed by atoms with Gasteiger partial charge in [0.15, 0.2) is 0 Å². The standard InChI is InChI=1S/C20H30N4O/c1-7-24-18(13-17(21-24)15(2)3)20(25)23(6)19(14-22(4)5)16-11-9-8-10-12-16/h8-13,15,19H,7,14H2,1-6H3/t19-/m0/s1. The fraction of sp³-hybridized carbons (Fsp3) is 0.500.